The highest BCUT2D eigenvalue weighted by Gasteiger charge is 2.28. The third kappa shape index (κ3) is 5.45. The second-order valence-electron chi connectivity index (χ2n) is 9.18. The molecular weight excluding hydrogens is 450 g/mol. The number of hydrogen-bond donors (Lipinski definition) is 1. The first kappa shape index (κ1) is 24.7. The highest BCUT2D eigenvalue weighted by Crippen LogP contribution is 2.27. The number of carbonyl (C=O) groups is 1. The SMILES string of the molecule is COc1ccc([C@H](CNC(=O)c2cc(S(=O)(=O)N3CCCCC3)ccc2C)N2CCCC2)cc1. The molecule has 2 saturated heterocycles. The molecule has 4 rings (SSSR count). The van der Waals surface area contributed by atoms with Crippen LogP contribution in [0.2, 0.25) is 0 Å². The van der Waals surface area contributed by atoms with Crippen LogP contribution in [0.25, 0.3) is 0 Å². The summed E-state index contributed by atoms with van der Waals surface area (Å²) < 4.78 is 33.1. The Morgan fingerprint density at radius 1 is 0.971 bits per heavy atom. The van der Waals surface area contributed by atoms with Gasteiger partial charge < -0.3 is 10.1 Å². The van der Waals surface area contributed by atoms with Crippen molar-refractivity contribution < 1.29 is 17.9 Å². The summed E-state index contributed by atoms with van der Waals surface area (Å²) in [4.78, 5) is 15.8. The van der Waals surface area contributed by atoms with E-state index in [-0.39, 0.29) is 16.8 Å². The first-order valence-corrected chi connectivity index (χ1v) is 13.6. The predicted molar refractivity (Wildman–Crippen MR) is 133 cm³/mol. The highest BCUT2D eigenvalue weighted by atomic mass is 32.2. The van der Waals surface area contributed by atoms with E-state index < -0.39 is 10.0 Å². The summed E-state index contributed by atoms with van der Waals surface area (Å²) in [5.41, 5.74) is 2.30. The number of carbonyl (C=O) groups excluding carboxylic acids is 1. The van der Waals surface area contributed by atoms with Gasteiger partial charge in [0.2, 0.25) is 10.0 Å². The van der Waals surface area contributed by atoms with Gasteiger partial charge in [0.1, 0.15) is 5.75 Å². The van der Waals surface area contributed by atoms with Crippen LogP contribution in [0.1, 0.15) is 59.6 Å². The third-order valence-electron chi connectivity index (χ3n) is 6.94. The molecule has 184 valence electrons. The second kappa shape index (κ2) is 10.9. The van der Waals surface area contributed by atoms with Crippen molar-refractivity contribution in [3.05, 3.63) is 59.2 Å². The number of likely N-dealkylation sites (tertiary alicyclic amines) is 1. The molecule has 2 aromatic rings. The molecule has 0 saturated carbocycles. The molecule has 1 atom stereocenters. The van der Waals surface area contributed by atoms with Crippen LogP contribution in [0, 0.1) is 6.92 Å². The number of hydrogen-bond acceptors (Lipinski definition) is 5. The fourth-order valence-corrected chi connectivity index (χ4v) is 6.43. The number of nitrogens with one attached hydrogen (secondary N) is 1. The van der Waals surface area contributed by atoms with Crippen LogP contribution < -0.4 is 10.1 Å². The van der Waals surface area contributed by atoms with Crippen LogP contribution in [0.5, 0.6) is 5.75 Å². The molecule has 2 fully saturated rings. The molecule has 0 unspecified atom stereocenters. The fourth-order valence-electron chi connectivity index (χ4n) is 4.88. The number of sulfonamides is 1. The van der Waals surface area contributed by atoms with Gasteiger partial charge in [-0.25, -0.2) is 8.42 Å². The number of piperidine rings is 1. The van der Waals surface area contributed by atoms with Crippen LogP contribution in [0.3, 0.4) is 0 Å². The number of ether oxygens (including phenoxy) is 1. The van der Waals surface area contributed by atoms with E-state index in [9.17, 15) is 13.2 Å². The lowest BCUT2D eigenvalue weighted by atomic mass is 10.0. The summed E-state index contributed by atoms with van der Waals surface area (Å²) in [6.45, 7) is 5.36. The van der Waals surface area contributed by atoms with E-state index in [1.54, 1.807) is 19.2 Å². The third-order valence-corrected chi connectivity index (χ3v) is 8.84. The number of aryl methyl sites for hydroxylation is 1. The van der Waals surface area contributed by atoms with Gasteiger partial charge in [-0.05, 0) is 81.1 Å². The summed E-state index contributed by atoms with van der Waals surface area (Å²) >= 11 is 0. The normalized spacial score (nSPS) is 18.5. The quantitative estimate of drug-likeness (QED) is 0.616. The van der Waals surface area contributed by atoms with Gasteiger partial charge >= 0.3 is 0 Å². The van der Waals surface area contributed by atoms with Gasteiger partial charge in [0.15, 0.2) is 0 Å². The average molecular weight is 486 g/mol. The molecule has 0 spiro atoms. The van der Waals surface area contributed by atoms with Crippen LogP contribution in [-0.2, 0) is 10.0 Å². The monoisotopic (exact) mass is 485 g/mol. The number of benzene rings is 2. The first-order chi connectivity index (χ1) is 16.4. The van der Waals surface area contributed by atoms with E-state index >= 15 is 0 Å². The van der Waals surface area contributed by atoms with Gasteiger partial charge in [-0.15, -0.1) is 0 Å². The van der Waals surface area contributed by atoms with Crippen molar-refractivity contribution >= 4 is 15.9 Å². The Hall–Kier alpha value is -2.42. The largest absolute Gasteiger partial charge is 0.497 e. The molecule has 2 aliphatic rings. The lowest BCUT2D eigenvalue weighted by Gasteiger charge is -2.28. The molecule has 2 aromatic carbocycles. The van der Waals surface area contributed by atoms with E-state index in [0.29, 0.717) is 25.2 Å². The highest BCUT2D eigenvalue weighted by molar-refractivity contribution is 7.89. The van der Waals surface area contributed by atoms with E-state index in [1.807, 2.05) is 31.2 Å². The van der Waals surface area contributed by atoms with Crippen molar-refractivity contribution in [2.24, 2.45) is 0 Å². The zero-order valence-electron chi connectivity index (χ0n) is 20.1. The molecule has 1 N–H and O–H groups in total. The Bertz CT molecular complexity index is 1090. The van der Waals surface area contributed by atoms with Gasteiger partial charge in [0, 0.05) is 25.2 Å². The predicted octanol–water partition coefficient (Wildman–Crippen LogP) is 3.75. The maximum absolute atomic E-state index is 13.2. The Morgan fingerprint density at radius 3 is 2.26 bits per heavy atom. The van der Waals surface area contributed by atoms with Crippen molar-refractivity contribution in [1.82, 2.24) is 14.5 Å². The average Bonchev–Trinajstić information content (AvgIpc) is 3.40. The summed E-state index contributed by atoms with van der Waals surface area (Å²) in [5.74, 6) is 0.557. The van der Waals surface area contributed by atoms with E-state index in [2.05, 4.69) is 10.2 Å². The first-order valence-electron chi connectivity index (χ1n) is 12.2. The van der Waals surface area contributed by atoms with Crippen molar-refractivity contribution in [1.29, 1.82) is 0 Å². The molecular formula is C26H35N3O4S. The Labute approximate surface area is 203 Å². The Balaban J connectivity index is 1.52. The summed E-state index contributed by atoms with van der Waals surface area (Å²) in [5, 5.41) is 3.08. The van der Waals surface area contributed by atoms with E-state index in [4.69, 9.17) is 4.74 Å². The molecule has 1 amide bonds. The minimum atomic E-state index is -3.60. The minimum Gasteiger partial charge on any atom is -0.497 e. The number of nitrogens with zero attached hydrogens (tertiary/aromatic N) is 2. The van der Waals surface area contributed by atoms with Gasteiger partial charge in [0.25, 0.3) is 5.91 Å². The maximum atomic E-state index is 13.2. The molecule has 0 aromatic heterocycles. The van der Waals surface area contributed by atoms with Crippen LogP contribution in [-0.4, -0.2) is 63.4 Å². The zero-order valence-corrected chi connectivity index (χ0v) is 20.9. The molecule has 0 radical (unpaired) electrons. The molecule has 7 nitrogen and oxygen atoms in total. The number of rotatable bonds is 8. The van der Waals surface area contributed by atoms with Crippen molar-refractivity contribution in [2.45, 2.75) is 50.0 Å². The Kier molecular flexibility index (Phi) is 7.91. The van der Waals surface area contributed by atoms with Crippen molar-refractivity contribution in [3.8, 4) is 5.75 Å². The minimum absolute atomic E-state index is 0.0536. The van der Waals surface area contributed by atoms with E-state index in [1.165, 1.54) is 10.4 Å². The lowest BCUT2D eigenvalue weighted by Crippen LogP contribution is -2.37. The molecule has 0 aliphatic carbocycles. The van der Waals surface area contributed by atoms with Crippen LogP contribution >= 0.6 is 0 Å². The van der Waals surface area contributed by atoms with Crippen molar-refractivity contribution in [3.63, 3.8) is 0 Å². The number of methoxy groups -OCH3 is 1. The van der Waals surface area contributed by atoms with Gasteiger partial charge in [0.05, 0.1) is 18.0 Å². The summed E-state index contributed by atoms with van der Waals surface area (Å²) in [6.07, 6.45) is 5.11. The standard InChI is InChI=1S/C26H35N3O4S/c1-20-8-13-23(34(31,32)29-16-4-3-5-17-29)18-24(20)26(30)27-19-25(28-14-6-7-15-28)21-9-11-22(33-2)12-10-21/h8-13,18,25H,3-7,14-17,19H2,1-2H3,(H,27,30)/t25-/m0/s1. The Morgan fingerprint density at radius 2 is 1.62 bits per heavy atom. The topological polar surface area (TPSA) is 78.9 Å². The maximum Gasteiger partial charge on any atom is 0.251 e. The smallest absolute Gasteiger partial charge is 0.251 e. The second-order valence-corrected chi connectivity index (χ2v) is 11.1. The van der Waals surface area contributed by atoms with Gasteiger partial charge in [-0.1, -0.05) is 24.6 Å². The molecule has 0 bridgehead atoms. The fraction of sp³-hybridized carbons (Fsp3) is 0.500. The summed E-state index contributed by atoms with van der Waals surface area (Å²) in [7, 11) is -1.95. The van der Waals surface area contributed by atoms with Gasteiger partial charge in [-0.3, -0.25) is 9.69 Å². The van der Waals surface area contributed by atoms with E-state index in [0.717, 1.165) is 62.1 Å². The zero-order chi connectivity index (χ0) is 24.1. The summed E-state index contributed by atoms with van der Waals surface area (Å²) in [6, 6.07) is 12.9. The van der Waals surface area contributed by atoms with Crippen molar-refractivity contribution in [2.75, 3.05) is 39.8 Å². The molecule has 34 heavy (non-hydrogen) atoms. The molecule has 2 heterocycles. The van der Waals surface area contributed by atoms with Crippen LogP contribution in [0.4, 0.5) is 0 Å². The molecule has 8 heteroatoms. The number of amides is 1. The van der Waals surface area contributed by atoms with Gasteiger partial charge in [-0.2, -0.15) is 4.31 Å². The molecule has 2 aliphatic heterocycles. The lowest BCUT2D eigenvalue weighted by molar-refractivity contribution is 0.0937. The van der Waals surface area contributed by atoms with Crippen LogP contribution in [0.15, 0.2) is 47.4 Å².